The number of carbonyl (C=O) groups excluding carboxylic acids is 2. The monoisotopic (exact) mass is 600 g/mol. The van der Waals surface area contributed by atoms with Crippen molar-refractivity contribution in [2.45, 2.75) is 27.2 Å². The molecule has 43 heavy (non-hydrogen) atoms. The molecular weight excluding hydrogens is 574 g/mol. The standard InChI is InChI=1S/C30H26F2N8O2S/c1-13-19(12-39(4)37-13)17-10-22(27(31)32)35-30-24(17)25(26(43-30)28(33)41)36-29(42)18-11-21(23-14(2)38-40(5)15(23)3)34-20-9-7-6-8-16(18)20/h6-12,27H,1-5H3,(H2,33,41)(H,36,42). The molecule has 0 bridgehead atoms. The summed E-state index contributed by atoms with van der Waals surface area (Å²) in [4.78, 5) is 35.8. The number of primary amides is 1. The van der Waals surface area contributed by atoms with E-state index in [1.807, 2.05) is 33.0 Å². The number of nitrogens with one attached hydrogen (secondary N) is 1. The van der Waals surface area contributed by atoms with E-state index in [2.05, 4.69) is 20.5 Å². The predicted octanol–water partition coefficient (Wildman–Crippen LogP) is 5.86. The van der Waals surface area contributed by atoms with E-state index in [9.17, 15) is 18.4 Å². The summed E-state index contributed by atoms with van der Waals surface area (Å²) >= 11 is 0.848. The first-order valence-electron chi connectivity index (χ1n) is 13.2. The number of amides is 2. The molecule has 5 aromatic heterocycles. The van der Waals surface area contributed by atoms with Crippen LogP contribution in [-0.2, 0) is 14.1 Å². The molecule has 2 amide bonds. The molecular formula is C30H26F2N8O2S. The predicted molar refractivity (Wildman–Crippen MR) is 161 cm³/mol. The van der Waals surface area contributed by atoms with E-state index in [4.69, 9.17) is 10.7 Å². The van der Waals surface area contributed by atoms with E-state index in [1.165, 1.54) is 6.07 Å². The van der Waals surface area contributed by atoms with Gasteiger partial charge >= 0.3 is 0 Å². The van der Waals surface area contributed by atoms with Gasteiger partial charge in [-0.05, 0) is 44.5 Å². The van der Waals surface area contributed by atoms with Gasteiger partial charge in [-0.1, -0.05) is 18.2 Å². The molecule has 5 heterocycles. The second-order valence-electron chi connectivity index (χ2n) is 10.2. The lowest BCUT2D eigenvalue weighted by Gasteiger charge is -2.13. The molecule has 0 aliphatic carbocycles. The highest BCUT2D eigenvalue weighted by molar-refractivity contribution is 7.21. The summed E-state index contributed by atoms with van der Waals surface area (Å²) in [6, 6.07) is 10.2. The molecule has 0 atom stereocenters. The minimum absolute atomic E-state index is 0.0115. The van der Waals surface area contributed by atoms with Gasteiger partial charge in [-0.15, -0.1) is 11.3 Å². The lowest BCUT2D eigenvalue weighted by molar-refractivity contribution is 0.100. The van der Waals surface area contributed by atoms with Crippen molar-refractivity contribution < 1.29 is 18.4 Å². The molecule has 0 spiro atoms. The summed E-state index contributed by atoms with van der Waals surface area (Å²) in [6.45, 7) is 5.54. The van der Waals surface area contributed by atoms with Gasteiger partial charge in [0.15, 0.2) is 0 Å². The summed E-state index contributed by atoms with van der Waals surface area (Å²) in [5.74, 6) is -1.36. The van der Waals surface area contributed by atoms with Gasteiger partial charge in [0.1, 0.15) is 15.4 Å². The Morgan fingerprint density at radius 1 is 1.00 bits per heavy atom. The van der Waals surface area contributed by atoms with Gasteiger partial charge in [-0.2, -0.15) is 10.2 Å². The van der Waals surface area contributed by atoms with Gasteiger partial charge in [0.05, 0.1) is 33.8 Å². The molecule has 0 saturated carbocycles. The van der Waals surface area contributed by atoms with Crippen LogP contribution in [0.1, 0.15) is 49.2 Å². The zero-order valence-corrected chi connectivity index (χ0v) is 24.7. The summed E-state index contributed by atoms with van der Waals surface area (Å²) in [6.07, 6.45) is -1.17. The first-order chi connectivity index (χ1) is 20.4. The van der Waals surface area contributed by atoms with Gasteiger partial charge in [0.25, 0.3) is 18.2 Å². The van der Waals surface area contributed by atoms with Crippen molar-refractivity contribution >= 4 is 50.0 Å². The second kappa shape index (κ2) is 10.3. The number of aromatic nitrogens is 6. The number of alkyl halides is 2. The molecule has 3 N–H and O–H groups in total. The minimum atomic E-state index is -2.86. The summed E-state index contributed by atoms with van der Waals surface area (Å²) in [5.41, 5.74) is 10.8. The van der Waals surface area contributed by atoms with Crippen LogP contribution in [0.3, 0.4) is 0 Å². The summed E-state index contributed by atoms with van der Waals surface area (Å²) in [5, 5.41) is 12.7. The Kier molecular flexibility index (Phi) is 6.76. The quantitative estimate of drug-likeness (QED) is 0.246. The SMILES string of the molecule is Cc1nn(C)cc1-c1cc(C(F)F)nc2sc(C(N)=O)c(NC(=O)c3cc(-c4c(C)nn(C)c4C)nc4ccccc34)c12. The zero-order chi connectivity index (χ0) is 30.7. The van der Waals surface area contributed by atoms with Crippen LogP contribution in [-0.4, -0.2) is 41.3 Å². The first kappa shape index (κ1) is 28.1. The average Bonchev–Trinajstić information content (AvgIpc) is 3.58. The van der Waals surface area contributed by atoms with Crippen molar-refractivity contribution in [1.82, 2.24) is 29.5 Å². The number of para-hydroxylation sites is 1. The molecule has 0 unspecified atom stereocenters. The van der Waals surface area contributed by atoms with Gasteiger partial charge in [-0.3, -0.25) is 19.0 Å². The first-order valence-corrected chi connectivity index (χ1v) is 14.0. The van der Waals surface area contributed by atoms with Gasteiger partial charge < -0.3 is 11.1 Å². The van der Waals surface area contributed by atoms with Crippen molar-refractivity contribution in [3.05, 3.63) is 75.8 Å². The molecule has 6 aromatic rings. The lowest BCUT2D eigenvalue weighted by atomic mass is 10.0. The van der Waals surface area contributed by atoms with Crippen LogP contribution in [0.25, 0.3) is 43.5 Å². The van der Waals surface area contributed by atoms with E-state index in [1.54, 1.807) is 47.7 Å². The fourth-order valence-electron chi connectivity index (χ4n) is 5.41. The normalized spacial score (nSPS) is 11.6. The highest BCUT2D eigenvalue weighted by Crippen LogP contribution is 2.43. The topological polar surface area (TPSA) is 134 Å². The van der Waals surface area contributed by atoms with Crippen molar-refractivity contribution in [3.8, 4) is 22.4 Å². The number of hydrogen-bond acceptors (Lipinski definition) is 7. The highest BCUT2D eigenvalue weighted by Gasteiger charge is 2.27. The number of carbonyl (C=O) groups is 2. The number of fused-ring (bicyclic) bond motifs is 2. The van der Waals surface area contributed by atoms with Gasteiger partial charge in [-0.25, -0.2) is 18.7 Å². The number of anilines is 1. The minimum Gasteiger partial charge on any atom is -0.365 e. The molecule has 0 radical (unpaired) electrons. The number of rotatable bonds is 6. The Hall–Kier alpha value is -5.04. The third-order valence-corrected chi connectivity index (χ3v) is 8.50. The average molecular weight is 601 g/mol. The molecule has 218 valence electrons. The fourth-order valence-corrected chi connectivity index (χ4v) is 6.43. The van der Waals surface area contributed by atoms with Crippen LogP contribution >= 0.6 is 11.3 Å². The van der Waals surface area contributed by atoms with E-state index in [0.717, 1.165) is 28.3 Å². The zero-order valence-electron chi connectivity index (χ0n) is 23.9. The van der Waals surface area contributed by atoms with Crippen molar-refractivity contribution in [2.75, 3.05) is 5.32 Å². The number of thiophene rings is 1. The number of pyridine rings is 2. The van der Waals surface area contributed by atoms with Crippen molar-refractivity contribution in [1.29, 1.82) is 0 Å². The van der Waals surface area contributed by atoms with E-state index >= 15 is 0 Å². The van der Waals surface area contributed by atoms with Crippen LogP contribution in [0, 0.1) is 20.8 Å². The Labute approximate surface area is 248 Å². The Balaban J connectivity index is 1.58. The second-order valence-corrected chi connectivity index (χ2v) is 11.2. The van der Waals surface area contributed by atoms with Gasteiger partial charge in [0.2, 0.25) is 0 Å². The molecule has 0 aliphatic rings. The Morgan fingerprint density at radius 3 is 2.37 bits per heavy atom. The number of aryl methyl sites for hydroxylation is 4. The maximum absolute atomic E-state index is 14.1. The summed E-state index contributed by atoms with van der Waals surface area (Å²) < 4.78 is 31.2. The molecule has 6 rings (SSSR count). The lowest BCUT2D eigenvalue weighted by Crippen LogP contribution is -2.17. The van der Waals surface area contributed by atoms with Crippen molar-refractivity contribution in [2.24, 2.45) is 19.8 Å². The Bertz CT molecular complexity index is 2110. The van der Waals surface area contributed by atoms with E-state index < -0.39 is 23.9 Å². The molecule has 0 aliphatic heterocycles. The van der Waals surface area contributed by atoms with Crippen LogP contribution in [0.4, 0.5) is 14.5 Å². The van der Waals surface area contributed by atoms with Crippen LogP contribution in [0.5, 0.6) is 0 Å². The van der Waals surface area contributed by atoms with Gasteiger partial charge in [0, 0.05) is 47.9 Å². The number of halogens is 2. The highest BCUT2D eigenvalue weighted by atomic mass is 32.1. The Morgan fingerprint density at radius 2 is 1.74 bits per heavy atom. The molecule has 10 nitrogen and oxygen atoms in total. The largest absolute Gasteiger partial charge is 0.365 e. The summed E-state index contributed by atoms with van der Waals surface area (Å²) in [7, 11) is 3.55. The molecule has 0 saturated heterocycles. The third kappa shape index (κ3) is 4.71. The molecule has 0 fully saturated rings. The van der Waals surface area contributed by atoms with Crippen LogP contribution in [0.15, 0.2) is 42.6 Å². The maximum atomic E-state index is 14.1. The third-order valence-electron chi connectivity index (χ3n) is 7.40. The maximum Gasteiger partial charge on any atom is 0.280 e. The van der Waals surface area contributed by atoms with Crippen molar-refractivity contribution in [3.63, 3.8) is 0 Å². The van der Waals surface area contributed by atoms with E-state index in [-0.39, 0.29) is 15.4 Å². The number of benzene rings is 1. The van der Waals surface area contributed by atoms with E-state index in [0.29, 0.717) is 44.4 Å². The number of nitrogens with two attached hydrogens (primary N) is 1. The molecule has 1 aromatic carbocycles. The van der Waals surface area contributed by atoms with Crippen LogP contribution < -0.4 is 11.1 Å². The number of nitrogens with zero attached hydrogens (tertiary/aromatic N) is 6. The number of hydrogen-bond donors (Lipinski definition) is 2. The fraction of sp³-hybridized carbons (Fsp3) is 0.200. The molecule has 13 heteroatoms. The smallest absolute Gasteiger partial charge is 0.280 e. The van der Waals surface area contributed by atoms with Crippen LogP contribution in [0.2, 0.25) is 0 Å².